The van der Waals surface area contributed by atoms with Gasteiger partial charge in [-0.1, -0.05) is 11.6 Å². The third-order valence-electron chi connectivity index (χ3n) is 2.86. The van der Waals surface area contributed by atoms with Crippen LogP contribution < -0.4 is 5.32 Å². The van der Waals surface area contributed by atoms with Crippen LogP contribution >= 0.6 is 11.6 Å². The van der Waals surface area contributed by atoms with Gasteiger partial charge in [0.05, 0.1) is 16.4 Å². The Balaban J connectivity index is 2.16. The second-order valence-electron chi connectivity index (χ2n) is 4.19. The van der Waals surface area contributed by atoms with E-state index in [2.05, 4.69) is 15.3 Å². The molecule has 1 aliphatic rings. The number of hydrogen-bond donors (Lipinski definition) is 1. The van der Waals surface area contributed by atoms with Gasteiger partial charge >= 0.3 is 5.69 Å². The number of hydrogen-bond acceptors (Lipinski definition) is 7. The van der Waals surface area contributed by atoms with Crippen LogP contribution in [0.2, 0.25) is 5.15 Å². The van der Waals surface area contributed by atoms with Crippen molar-refractivity contribution in [3.8, 4) is 0 Å². The van der Waals surface area contributed by atoms with Gasteiger partial charge in [0.2, 0.25) is 11.0 Å². The normalized spacial score (nSPS) is 19.0. The van der Waals surface area contributed by atoms with Gasteiger partial charge in [-0.3, -0.25) is 10.1 Å². The maximum Gasteiger partial charge on any atom is 0.348 e. The third kappa shape index (κ3) is 3.29. The first-order valence-electron chi connectivity index (χ1n) is 5.51. The van der Waals surface area contributed by atoms with Crippen LogP contribution in [0.4, 0.5) is 11.5 Å². The first-order chi connectivity index (χ1) is 8.89. The number of rotatable bonds is 3. The highest BCUT2D eigenvalue weighted by Gasteiger charge is 2.27. The van der Waals surface area contributed by atoms with Gasteiger partial charge in [0.15, 0.2) is 0 Å². The maximum atomic E-state index is 11.3. The van der Waals surface area contributed by atoms with Crippen LogP contribution in [0.25, 0.3) is 0 Å². The van der Waals surface area contributed by atoms with Crippen LogP contribution in [0, 0.1) is 10.1 Å². The highest BCUT2D eigenvalue weighted by Crippen LogP contribution is 2.29. The summed E-state index contributed by atoms with van der Waals surface area (Å²) < 4.78 is 22.6. The number of sulfone groups is 1. The average Bonchev–Trinajstić information content (AvgIpc) is 2.31. The molecule has 0 radical (unpaired) electrons. The zero-order valence-corrected chi connectivity index (χ0v) is 11.3. The van der Waals surface area contributed by atoms with E-state index in [0.717, 1.165) is 6.33 Å². The van der Waals surface area contributed by atoms with E-state index in [-0.39, 0.29) is 28.5 Å². The van der Waals surface area contributed by atoms with Crippen LogP contribution in [0.15, 0.2) is 6.33 Å². The van der Waals surface area contributed by atoms with Crippen molar-refractivity contribution in [2.24, 2.45) is 0 Å². The summed E-state index contributed by atoms with van der Waals surface area (Å²) in [5.41, 5.74) is -0.391. The van der Waals surface area contributed by atoms with Crippen molar-refractivity contribution in [1.82, 2.24) is 9.97 Å². The van der Waals surface area contributed by atoms with Crippen molar-refractivity contribution in [1.29, 1.82) is 0 Å². The molecule has 0 aromatic carbocycles. The number of nitrogens with one attached hydrogen (secondary N) is 1. The molecule has 0 spiro atoms. The molecule has 0 unspecified atom stereocenters. The number of halogens is 1. The molecule has 2 rings (SSSR count). The standard InChI is InChI=1S/C9H11ClN4O4S/c10-8-7(14(15)16)9(12-5-11-8)13-6-1-3-19(17,18)4-2-6/h5-6H,1-4H2,(H,11,12,13). The minimum Gasteiger partial charge on any atom is -0.361 e. The molecule has 104 valence electrons. The summed E-state index contributed by atoms with van der Waals surface area (Å²) in [6.07, 6.45) is 1.90. The van der Waals surface area contributed by atoms with Crippen molar-refractivity contribution < 1.29 is 13.3 Å². The van der Waals surface area contributed by atoms with Crippen molar-refractivity contribution in [3.05, 3.63) is 21.6 Å². The SMILES string of the molecule is O=[N+]([O-])c1c(Cl)ncnc1NC1CCS(=O)(=O)CC1. The Kier molecular flexibility index (Phi) is 3.85. The van der Waals surface area contributed by atoms with Crippen LogP contribution in [-0.4, -0.2) is 40.9 Å². The lowest BCUT2D eigenvalue weighted by Gasteiger charge is -2.23. The number of anilines is 1. The van der Waals surface area contributed by atoms with Crippen molar-refractivity contribution in [2.75, 3.05) is 16.8 Å². The van der Waals surface area contributed by atoms with Crippen molar-refractivity contribution in [2.45, 2.75) is 18.9 Å². The highest BCUT2D eigenvalue weighted by atomic mass is 35.5. The summed E-state index contributed by atoms with van der Waals surface area (Å²) in [6.45, 7) is 0. The first kappa shape index (κ1) is 13.9. The summed E-state index contributed by atoms with van der Waals surface area (Å²) in [7, 11) is -2.98. The van der Waals surface area contributed by atoms with Gasteiger partial charge in [-0.25, -0.2) is 18.4 Å². The van der Waals surface area contributed by atoms with E-state index >= 15 is 0 Å². The Labute approximate surface area is 114 Å². The minimum atomic E-state index is -2.98. The topological polar surface area (TPSA) is 115 Å². The summed E-state index contributed by atoms with van der Waals surface area (Å²) in [5, 5.41) is 13.5. The molecule has 19 heavy (non-hydrogen) atoms. The lowest BCUT2D eigenvalue weighted by molar-refractivity contribution is -0.384. The monoisotopic (exact) mass is 306 g/mol. The molecular formula is C9H11ClN4O4S. The number of nitrogens with zero attached hydrogens (tertiary/aromatic N) is 3. The third-order valence-corrected chi connectivity index (χ3v) is 4.85. The molecule has 10 heteroatoms. The Bertz CT molecular complexity index is 592. The lowest BCUT2D eigenvalue weighted by atomic mass is 10.1. The Morgan fingerprint density at radius 3 is 2.58 bits per heavy atom. The van der Waals surface area contributed by atoms with Crippen LogP contribution in [0.1, 0.15) is 12.8 Å². The quantitative estimate of drug-likeness (QED) is 0.503. The van der Waals surface area contributed by atoms with Crippen LogP contribution in [-0.2, 0) is 9.84 Å². The molecule has 1 N–H and O–H groups in total. The molecule has 8 nitrogen and oxygen atoms in total. The first-order valence-corrected chi connectivity index (χ1v) is 7.71. The molecule has 1 aromatic heterocycles. The van der Waals surface area contributed by atoms with Gasteiger partial charge < -0.3 is 5.32 Å². The van der Waals surface area contributed by atoms with Crippen LogP contribution in [0.5, 0.6) is 0 Å². The van der Waals surface area contributed by atoms with Crippen LogP contribution in [0.3, 0.4) is 0 Å². The molecule has 1 aliphatic heterocycles. The lowest BCUT2D eigenvalue weighted by Crippen LogP contribution is -2.32. The van der Waals surface area contributed by atoms with Gasteiger partial charge in [0.1, 0.15) is 16.2 Å². The van der Waals surface area contributed by atoms with Gasteiger partial charge in [-0.2, -0.15) is 0 Å². The predicted octanol–water partition coefficient (Wildman–Crippen LogP) is 1.03. The van der Waals surface area contributed by atoms with E-state index in [1.165, 1.54) is 0 Å². The summed E-state index contributed by atoms with van der Waals surface area (Å²) in [6, 6.07) is -0.173. The molecule has 0 atom stereocenters. The fraction of sp³-hybridized carbons (Fsp3) is 0.556. The Morgan fingerprint density at radius 2 is 2.00 bits per heavy atom. The Morgan fingerprint density at radius 1 is 1.37 bits per heavy atom. The van der Waals surface area contributed by atoms with E-state index in [1.807, 2.05) is 0 Å². The molecule has 0 saturated carbocycles. The maximum absolute atomic E-state index is 11.3. The van der Waals surface area contributed by atoms with E-state index in [4.69, 9.17) is 11.6 Å². The fourth-order valence-electron chi connectivity index (χ4n) is 1.85. The average molecular weight is 307 g/mol. The highest BCUT2D eigenvalue weighted by molar-refractivity contribution is 7.91. The molecule has 1 saturated heterocycles. The molecule has 2 heterocycles. The summed E-state index contributed by atoms with van der Waals surface area (Å²) >= 11 is 5.66. The largest absolute Gasteiger partial charge is 0.361 e. The zero-order chi connectivity index (χ0) is 14.0. The smallest absolute Gasteiger partial charge is 0.348 e. The Hall–Kier alpha value is -1.48. The van der Waals surface area contributed by atoms with Crippen molar-refractivity contribution >= 4 is 32.9 Å². The summed E-state index contributed by atoms with van der Waals surface area (Å²) in [4.78, 5) is 17.6. The second kappa shape index (κ2) is 5.25. The van der Waals surface area contributed by atoms with Gasteiger partial charge in [0.25, 0.3) is 0 Å². The molecule has 1 fully saturated rings. The predicted molar refractivity (Wildman–Crippen MR) is 69.0 cm³/mol. The second-order valence-corrected chi connectivity index (χ2v) is 6.85. The minimum absolute atomic E-state index is 0.0225. The number of nitro groups is 1. The molecule has 0 aliphatic carbocycles. The van der Waals surface area contributed by atoms with E-state index in [0.29, 0.717) is 12.8 Å². The van der Waals surface area contributed by atoms with Crippen molar-refractivity contribution in [3.63, 3.8) is 0 Å². The molecular weight excluding hydrogens is 296 g/mol. The van der Waals surface area contributed by atoms with E-state index in [1.54, 1.807) is 0 Å². The fourth-order valence-corrected chi connectivity index (χ4v) is 3.55. The van der Waals surface area contributed by atoms with Gasteiger partial charge in [0, 0.05) is 6.04 Å². The van der Waals surface area contributed by atoms with E-state index < -0.39 is 20.4 Å². The number of aromatic nitrogens is 2. The van der Waals surface area contributed by atoms with Gasteiger partial charge in [-0.15, -0.1) is 0 Å². The van der Waals surface area contributed by atoms with E-state index in [9.17, 15) is 18.5 Å². The molecule has 0 amide bonds. The zero-order valence-electron chi connectivity index (χ0n) is 9.74. The molecule has 1 aromatic rings. The van der Waals surface area contributed by atoms with Gasteiger partial charge in [-0.05, 0) is 12.8 Å². The molecule has 0 bridgehead atoms. The summed E-state index contributed by atoms with van der Waals surface area (Å²) in [5.74, 6) is 0.156.